The molecule has 0 amide bonds. The SMILES string of the molecule is CCc1ccc(S(=O)(=O)Nc2ccnn2-c2nc(C3CC3)ns2)cc1.O=S(=O)(Nc1ccnn1-c1ccnc(C(F)(F)F)n1)c1ccc(C(F)(F)F)cc1. The summed E-state index contributed by atoms with van der Waals surface area (Å²) in [6.45, 7) is 2.03. The van der Waals surface area contributed by atoms with Gasteiger partial charge in [-0.25, -0.2) is 31.8 Å². The molecule has 4 heterocycles. The van der Waals surface area contributed by atoms with E-state index in [1.807, 2.05) is 23.8 Å². The topological polar surface area (TPSA) is 180 Å². The quantitative estimate of drug-likeness (QED) is 0.146. The van der Waals surface area contributed by atoms with Crippen molar-refractivity contribution in [2.75, 3.05) is 9.44 Å². The van der Waals surface area contributed by atoms with Crippen LogP contribution in [0.2, 0.25) is 0 Å². The summed E-state index contributed by atoms with van der Waals surface area (Å²) in [5.41, 5.74) is 0.0487. The van der Waals surface area contributed by atoms with Gasteiger partial charge >= 0.3 is 12.4 Å². The summed E-state index contributed by atoms with van der Waals surface area (Å²) in [6, 6.07) is 13.3. The summed E-state index contributed by atoms with van der Waals surface area (Å²) in [5, 5.41) is 8.46. The van der Waals surface area contributed by atoms with Crippen LogP contribution in [-0.4, -0.2) is 55.7 Å². The third-order valence-electron chi connectivity index (χ3n) is 7.56. The largest absolute Gasteiger partial charge is 0.451 e. The predicted molar refractivity (Wildman–Crippen MR) is 182 cm³/mol. The highest BCUT2D eigenvalue weighted by Gasteiger charge is 2.35. The van der Waals surface area contributed by atoms with Gasteiger partial charge in [0.25, 0.3) is 20.0 Å². The van der Waals surface area contributed by atoms with E-state index in [-0.39, 0.29) is 16.5 Å². The van der Waals surface area contributed by atoms with Gasteiger partial charge in [0, 0.05) is 41.8 Å². The van der Waals surface area contributed by atoms with Crippen LogP contribution in [0.3, 0.4) is 0 Å². The van der Waals surface area contributed by atoms with Crippen molar-refractivity contribution in [3.8, 4) is 10.9 Å². The number of hydrogen-bond donors (Lipinski definition) is 2. The monoisotopic (exact) mass is 812 g/mol. The summed E-state index contributed by atoms with van der Waals surface area (Å²) in [6.07, 6.45) is -2.93. The summed E-state index contributed by atoms with van der Waals surface area (Å²) in [7, 11) is -8.05. The predicted octanol–water partition coefficient (Wildman–Crippen LogP) is 6.47. The van der Waals surface area contributed by atoms with Gasteiger partial charge in [-0.15, -0.1) is 0 Å². The highest BCUT2D eigenvalue weighted by molar-refractivity contribution is 7.93. The van der Waals surface area contributed by atoms with Gasteiger partial charge in [-0.2, -0.15) is 50.3 Å². The van der Waals surface area contributed by atoms with E-state index in [1.165, 1.54) is 22.4 Å². The Morgan fingerprint density at radius 1 is 0.722 bits per heavy atom. The van der Waals surface area contributed by atoms with Gasteiger partial charge in [-0.3, -0.25) is 9.44 Å². The van der Waals surface area contributed by atoms with Crippen molar-refractivity contribution in [1.29, 1.82) is 0 Å². The first-order chi connectivity index (χ1) is 25.4. The molecule has 2 aromatic carbocycles. The highest BCUT2D eigenvalue weighted by atomic mass is 32.2. The number of anilines is 2. The van der Waals surface area contributed by atoms with Gasteiger partial charge in [0.15, 0.2) is 5.82 Å². The lowest BCUT2D eigenvalue weighted by Crippen LogP contribution is -2.18. The number of alkyl halides is 6. The fourth-order valence-electron chi connectivity index (χ4n) is 4.64. The third-order valence-corrected chi connectivity index (χ3v) is 11.0. The second-order valence-corrected chi connectivity index (χ2v) is 15.5. The number of nitrogens with one attached hydrogen (secondary N) is 2. The number of sulfonamides is 2. The Balaban J connectivity index is 0.000000186. The number of aromatic nitrogens is 8. The number of hydrogen-bond acceptors (Lipinski definition) is 11. The minimum absolute atomic E-state index is 0.216. The van der Waals surface area contributed by atoms with Crippen LogP contribution >= 0.6 is 11.5 Å². The van der Waals surface area contributed by atoms with E-state index in [0.717, 1.165) is 72.0 Å². The van der Waals surface area contributed by atoms with Crippen LogP contribution in [-0.2, 0) is 38.8 Å². The van der Waals surface area contributed by atoms with E-state index in [0.29, 0.717) is 29.0 Å². The summed E-state index contributed by atoms with van der Waals surface area (Å²) >= 11 is 1.22. The van der Waals surface area contributed by atoms with Gasteiger partial charge in [-0.1, -0.05) is 19.1 Å². The van der Waals surface area contributed by atoms with Crippen LogP contribution in [0.25, 0.3) is 10.9 Å². The van der Waals surface area contributed by atoms with E-state index >= 15 is 0 Å². The fourth-order valence-corrected chi connectivity index (χ4v) is 7.45. The van der Waals surface area contributed by atoms with Gasteiger partial charge in [-0.05, 0) is 61.2 Å². The molecule has 0 bridgehead atoms. The molecule has 7 rings (SSSR count). The molecular formula is C31H26F6N10O4S3. The van der Waals surface area contributed by atoms with Crippen molar-refractivity contribution in [2.24, 2.45) is 0 Å². The molecule has 1 aliphatic carbocycles. The van der Waals surface area contributed by atoms with Crippen molar-refractivity contribution in [3.05, 3.63) is 108 Å². The Kier molecular flexibility index (Phi) is 10.5. The molecule has 1 aliphatic rings. The van der Waals surface area contributed by atoms with Crippen LogP contribution in [0.1, 0.15) is 48.5 Å². The Bertz CT molecular complexity index is 2460. The molecule has 0 atom stereocenters. The lowest BCUT2D eigenvalue weighted by atomic mass is 10.2. The smallest absolute Gasteiger partial charge is 0.263 e. The van der Waals surface area contributed by atoms with E-state index in [1.54, 1.807) is 18.2 Å². The molecule has 284 valence electrons. The van der Waals surface area contributed by atoms with Crippen LogP contribution < -0.4 is 9.44 Å². The second-order valence-electron chi connectivity index (χ2n) is 11.4. The minimum atomic E-state index is -4.83. The summed E-state index contributed by atoms with van der Waals surface area (Å²) in [4.78, 5) is 10.6. The first-order valence-electron chi connectivity index (χ1n) is 15.6. The zero-order valence-corrected chi connectivity index (χ0v) is 29.9. The number of benzene rings is 2. The van der Waals surface area contributed by atoms with E-state index in [9.17, 15) is 43.2 Å². The number of nitrogens with zero attached hydrogens (tertiary/aromatic N) is 8. The van der Waals surface area contributed by atoms with Gasteiger partial charge < -0.3 is 0 Å². The van der Waals surface area contributed by atoms with Crippen LogP contribution in [0.15, 0.2) is 95.1 Å². The molecule has 0 radical (unpaired) electrons. The lowest BCUT2D eigenvalue weighted by Gasteiger charge is -2.12. The fraction of sp³-hybridized carbons (Fsp3) is 0.226. The summed E-state index contributed by atoms with van der Waals surface area (Å²) < 4.78 is 137. The zero-order valence-electron chi connectivity index (χ0n) is 27.5. The molecule has 1 saturated carbocycles. The molecule has 0 spiro atoms. The van der Waals surface area contributed by atoms with E-state index in [4.69, 9.17) is 0 Å². The first-order valence-corrected chi connectivity index (χ1v) is 19.3. The highest BCUT2D eigenvalue weighted by Crippen LogP contribution is 2.39. The zero-order chi connectivity index (χ0) is 38.9. The molecule has 0 aliphatic heterocycles. The molecule has 54 heavy (non-hydrogen) atoms. The van der Waals surface area contributed by atoms with Crippen molar-refractivity contribution in [1.82, 2.24) is 38.9 Å². The Morgan fingerprint density at radius 3 is 1.81 bits per heavy atom. The maximum absolute atomic E-state index is 12.8. The molecular weight excluding hydrogens is 787 g/mol. The van der Waals surface area contributed by atoms with Gasteiger partial charge in [0.05, 0.1) is 27.7 Å². The Morgan fingerprint density at radius 2 is 1.28 bits per heavy atom. The van der Waals surface area contributed by atoms with Crippen molar-refractivity contribution in [2.45, 2.75) is 54.2 Å². The third kappa shape index (κ3) is 8.85. The van der Waals surface area contributed by atoms with Gasteiger partial charge in [0.2, 0.25) is 11.0 Å². The molecule has 14 nitrogen and oxygen atoms in total. The van der Waals surface area contributed by atoms with Crippen LogP contribution in [0.5, 0.6) is 0 Å². The maximum atomic E-state index is 12.8. The standard InChI is InChI=1S/C16H17N5O2S2.C15H9F6N5O2S/c1-2-11-3-7-13(8-4-11)25(22,23)20-14-9-10-17-21(14)16-18-15(19-24-16)12-5-6-12;16-14(17,18)9-1-3-10(4-2-9)29(27,28)25-12-6-8-23-26(12)11-5-7-22-13(24-11)15(19,20)21/h3-4,7-10,12,20H,2,5-6H2,1H3;1-8,25H. The van der Waals surface area contributed by atoms with Crippen molar-refractivity contribution in [3.63, 3.8) is 0 Å². The molecule has 1 fully saturated rings. The summed E-state index contributed by atoms with van der Waals surface area (Å²) in [5.74, 6) is -0.503. The molecule has 23 heteroatoms. The number of halogens is 6. The molecule has 6 aromatic rings. The Labute approximate surface area is 307 Å². The van der Waals surface area contributed by atoms with E-state index in [2.05, 4.69) is 34.2 Å². The lowest BCUT2D eigenvalue weighted by molar-refractivity contribution is -0.145. The van der Waals surface area contributed by atoms with E-state index < -0.39 is 48.7 Å². The second kappa shape index (κ2) is 14.8. The maximum Gasteiger partial charge on any atom is 0.451 e. The van der Waals surface area contributed by atoms with Gasteiger partial charge in [0.1, 0.15) is 17.5 Å². The molecule has 2 N–H and O–H groups in total. The van der Waals surface area contributed by atoms with Crippen LogP contribution in [0.4, 0.5) is 38.0 Å². The minimum Gasteiger partial charge on any atom is -0.263 e. The van der Waals surface area contributed by atoms with Crippen molar-refractivity contribution >= 4 is 43.2 Å². The molecule has 0 unspecified atom stereocenters. The van der Waals surface area contributed by atoms with Crippen molar-refractivity contribution < 1.29 is 43.2 Å². The number of aryl methyl sites for hydroxylation is 1. The normalized spacial score (nSPS) is 13.6. The number of rotatable bonds is 10. The molecule has 4 aromatic heterocycles. The Hall–Kier alpha value is -5.42. The first kappa shape index (κ1) is 38.3. The molecule has 0 saturated heterocycles. The van der Waals surface area contributed by atoms with Crippen LogP contribution in [0, 0.1) is 0 Å². The average molecular weight is 813 g/mol. The average Bonchev–Trinajstić information content (AvgIpc) is 3.45.